The van der Waals surface area contributed by atoms with E-state index in [1.54, 1.807) is 6.08 Å². The lowest BCUT2D eigenvalue weighted by molar-refractivity contribution is -0.114. The van der Waals surface area contributed by atoms with Crippen molar-refractivity contribution in [2.24, 2.45) is 5.92 Å². The van der Waals surface area contributed by atoms with Crippen LogP contribution in [0.5, 0.6) is 0 Å². The van der Waals surface area contributed by atoms with E-state index in [0.717, 1.165) is 22.3 Å². The maximum Gasteiger partial charge on any atom is 0.171 e. The number of fused-ring (bicyclic) bond motifs is 4. The predicted octanol–water partition coefficient (Wildman–Crippen LogP) is 2.98. The van der Waals surface area contributed by atoms with Crippen molar-refractivity contribution < 1.29 is 9.59 Å². The highest BCUT2D eigenvalue weighted by atomic mass is 16.1. The van der Waals surface area contributed by atoms with Gasteiger partial charge in [-0.05, 0) is 22.8 Å². The van der Waals surface area contributed by atoms with Crippen LogP contribution in [0.15, 0.2) is 59.7 Å². The Hall–Kier alpha value is -2.22. The van der Waals surface area contributed by atoms with Crippen molar-refractivity contribution in [1.82, 2.24) is 0 Å². The molecule has 2 unspecified atom stereocenters. The molecule has 2 nitrogen and oxygen atoms in total. The van der Waals surface area contributed by atoms with Crippen LogP contribution in [0.3, 0.4) is 0 Å². The third-order valence-corrected chi connectivity index (χ3v) is 4.25. The summed E-state index contributed by atoms with van der Waals surface area (Å²) in [6, 6.07) is 7.83. The van der Waals surface area contributed by atoms with E-state index in [1.807, 2.05) is 36.4 Å². The smallest absolute Gasteiger partial charge is 0.171 e. The predicted molar refractivity (Wildman–Crippen MR) is 71.9 cm³/mol. The topological polar surface area (TPSA) is 34.1 Å². The summed E-state index contributed by atoms with van der Waals surface area (Å²) in [6.45, 7) is 0. The van der Waals surface area contributed by atoms with Gasteiger partial charge in [0.25, 0.3) is 0 Å². The Labute approximate surface area is 111 Å². The van der Waals surface area contributed by atoms with Crippen molar-refractivity contribution in [3.05, 3.63) is 70.8 Å². The molecule has 2 heteroatoms. The van der Waals surface area contributed by atoms with Gasteiger partial charge in [-0.2, -0.15) is 0 Å². The third kappa shape index (κ3) is 1.37. The van der Waals surface area contributed by atoms with Gasteiger partial charge in [0.1, 0.15) is 0 Å². The van der Waals surface area contributed by atoms with E-state index in [-0.39, 0.29) is 23.4 Å². The second-order valence-electron chi connectivity index (χ2n) is 5.27. The molecule has 0 saturated heterocycles. The number of hydrogen-bond acceptors (Lipinski definition) is 2. The molecule has 3 aliphatic rings. The van der Waals surface area contributed by atoms with Gasteiger partial charge in [0.15, 0.2) is 11.6 Å². The monoisotopic (exact) mass is 248 g/mol. The van der Waals surface area contributed by atoms with E-state index in [2.05, 4.69) is 6.08 Å². The fraction of sp³-hybridized carbons (Fsp3) is 0.176. The molecule has 3 aliphatic carbocycles. The minimum atomic E-state index is -0.123. The highest BCUT2D eigenvalue weighted by Gasteiger charge is 2.42. The van der Waals surface area contributed by atoms with Gasteiger partial charge in [-0.1, -0.05) is 42.5 Å². The van der Waals surface area contributed by atoms with Crippen LogP contribution in [0.2, 0.25) is 0 Å². The third-order valence-electron chi connectivity index (χ3n) is 4.25. The molecule has 0 amide bonds. The number of rotatable bonds is 0. The zero-order chi connectivity index (χ0) is 13.0. The van der Waals surface area contributed by atoms with E-state index < -0.39 is 0 Å². The molecule has 0 N–H and O–H groups in total. The molecule has 1 aromatic rings. The van der Waals surface area contributed by atoms with Crippen LogP contribution in [0.4, 0.5) is 0 Å². The van der Waals surface area contributed by atoms with Crippen LogP contribution < -0.4 is 0 Å². The van der Waals surface area contributed by atoms with Crippen molar-refractivity contribution in [1.29, 1.82) is 0 Å². The number of Topliss-reactive ketones (excluding diaryl/α,β-unsaturated/α-hetero) is 1. The summed E-state index contributed by atoms with van der Waals surface area (Å²) in [4.78, 5) is 24.1. The fourth-order valence-electron chi connectivity index (χ4n) is 3.39. The standard InChI is InChI=1S/C17H12O2/c18-11-6-8-12-10(9-11)5-7-14-13-3-1-2-4-15(13)17(19)16(12)14/h1-8,14,16H,9H2. The van der Waals surface area contributed by atoms with Crippen molar-refractivity contribution in [2.45, 2.75) is 12.3 Å². The number of ketones is 2. The van der Waals surface area contributed by atoms with E-state index in [0.29, 0.717) is 6.42 Å². The van der Waals surface area contributed by atoms with Crippen LogP contribution in [0.1, 0.15) is 28.3 Å². The Kier molecular flexibility index (Phi) is 2.05. The summed E-state index contributed by atoms with van der Waals surface area (Å²) in [5.41, 5.74) is 4.00. The molecule has 0 saturated carbocycles. The molecule has 0 heterocycles. The quantitative estimate of drug-likeness (QED) is 0.707. The van der Waals surface area contributed by atoms with Crippen molar-refractivity contribution in [2.75, 3.05) is 0 Å². The van der Waals surface area contributed by atoms with Gasteiger partial charge >= 0.3 is 0 Å². The molecule has 1 aromatic carbocycles. The first kappa shape index (κ1) is 10.7. The molecule has 19 heavy (non-hydrogen) atoms. The molecule has 92 valence electrons. The summed E-state index contributed by atoms with van der Waals surface area (Å²) in [6.07, 6.45) is 7.97. The van der Waals surface area contributed by atoms with Gasteiger partial charge in [0, 0.05) is 17.9 Å². The van der Waals surface area contributed by atoms with E-state index >= 15 is 0 Å². The SMILES string of the molecule is O=C1C=CC2=C(C=CC3c4ccccc4C(=O)C23)C1. The molecular formula is C17H12O2. The molecule has 0 aromatic heterocycles. The minimum absolute atomic E-state index is 0.116. The lowest BCUT2D eigenvalue weighted by Gasteiger charge is -2.26. The van der Waals surface area contributed by atoms with Gasteiger partial charge in [-0.25, -0.2) is 0 Å². The largest absolute Gasteiger partial charge is 0.294 e. The minimum Gasteiger partial charge on any atom is -0.294 e. The first-order valence-corrected chi connectivity index (χ1v) is 6.51. The average molecular weight is 248 g/mol. The van der Waals surface area contributed by atoms with Gasteiger partial charge in [0.2, 0.25) is 0 Å². The normalized spacial score (nSPS) is 27.4. The Morgan fingerprint density at radius 3 is 2.74 bits per heavy atom. The fourth-order valence-corrected chi connectivity index (χ4v) is 3.39. The molecule has 2 atom stereocenters. The van der Waals surface area contributed by atoms with Crippen molar-refractivity contribution >= 4 is 11.6 Å². The van der Waals surface area contributed by atoms with Crippen molar-refractivity contribution in [3.8, 4) is 0 Å². The number of allylic oxidation sites excluding steroid dienone is 6. The lowest BCUT2D eigenvalue weighted by atomic mass is 9.76. The van der Waals surface area contributed by atoms with Crippen LogP contribution in [0, 0.1) is 5.92 Å². The van der Waals surface area contributed by atoms with Gasteiger partial charge in [0.05, 0.1) is 5.92 Å². The van der Waals surface area contributed by atoms with E-state index in [1.165, 1.54) is 0 Å². The summed E-state index contributed by atoms with van der Waals surface area (Å²) in [5.74, 6) is 0.323. The maximum atomic E-state index is 12.6. The zero-order valence-electron chi connectivity index (χ0n) is 10.3. The van der Waals surface area contributed by atoms with E-state index in [4.69, 9.17) is 0 Å². The second kappa shape index (κ2) is 3.64. The zero-order valence-corrected chi connectivity index (χ0v) is 10.3. The van der Waals surface area contributed by atoms with E-state index in [9.17, 15) is 9.59 Å². The Balaban J connectivity index is 1.88. The molecular weight excluding hydrogens is 236 g/mol. The first-order chi connectivity index (χ1) is 9.25. The summed E-state index contributed by atoms with van der Waals surface area (Å²) in [7, 11) is 0. The van der Waals surface area contributed by atoms with Gasteiger partial charge < -0.3 is 0 Å². The molecule has 0 aliphatic heterocycles. The lowest BCUT2D eigenvalue weighted by Crippen LogP contribution is -2.21. The Morgan fingerprint density at radius 1 is 1.00 bits per heavy atom. The highest BCUT2D eigenvalue weighted by Crippen LogP contribution is 2.47. The average Bonchev–Trinajstić information content (AvgIpc) is 2.73. The molecule has 0 fully saturated rings. The first-order valence-electron chi connectivity index (χ1n) is 6.51. The van der Waals surface area contributed by atoms with Crippen LogP contribution in [-0.4, -0.2) is 11.6 Å². The molecule has 0 spiro atoms. The molecule has 0 radical (unpaired) electrons. The summed E-state index contributed by atoms with van der Waals surface area (Å²) >= 11 is 0. The summed E-state index contributed by atoms with van der Waals surface area (Å²) in [5, 5.41) is 0. The number of hydrogen-bond donors (Lipinski definition) is 0. The van der Waals surface area contributed by atoms with Crippen LogP contribution in [-0.2, 0) is 4.79 Å². The molecule has 0 bridgehead atoms. The summed E-state index contributed by atoms with van der Waals surface area (Å²) < 4.78 is 0. The maximum absolute atomic E-state index is 12.6. The Bertz CT molecular complexity index is 704. The van der Waals surface area contributed by atoms with Gasteiger partial charge in [-0.15, -0.1) is 0 Å². The Morgan fingerprint density at radius 2 is 1.84 bits per heavy atom. The van der Waals surface area contributed by atoms with Gasteiger partial charge in [-0.3, -0.25) is 9.59 Å². The molecule has 4 rings (SSSR count). The number of carbonyl (C=O) groups excluding carboxylic acids is 2. The number of benzene rings is 1. The van der Waals surface area contributed by atoms with Crippen LogP contribution >= 0.6 is 0 Å². The highest BCUT2D eigenvalue weighted by molar-refractivity contribution is 6.07. The van der Waals surface area contributed by atoms with Crippen molar-refractivity contribution in [3.63, 3.8) is 0 Å². The number of carbonyl (C=O) groups is 2. The second-order valence-corrected chi connectivity index (χ2v) is 5.27. The van der Waals surface area contributed by atoms with Crippen LogP contribution in [0.25, 0.3) is 0 Å².